The quantitative estimate of drug-likeness (QED) is 0.751. The Kier molecular flexibility index (Phi) is 4.51. The largest absolute Gasteiger partial charge is 0.382 e. The fourth-order valence-corrected chi connectivity index (χ4v) is 2.22. The zero-order valence-electron chi connectivity index (χ0n) is 12.8. The molecule has 0 fully saturated rings. The number of nitrogens with zero attached hydrogens (tertiary/aromatic N) is 3. The van der Waals surface area contributed by atoms with E-state index in [9.17, 15) is 9.18 Å². The van der Waals surface area contributed by atoms with E-state index in [2.05, 4.69) is 15.6 Å². The SMILES string of the molecule is Nc1c(C(=O)NCc2ccc(F)cc2)nnn1Cc1ccccc1. The highest BCUT2D eigenvalue weighted by Gasteiger charge is 2.17. The number of carbonyl (C=O) groups is 1. The zero-order valence-corrected chi connectivity index (χ0v) is 12.8. The maximum Gasteiger partial charge on any atom is 0.275 e. The second kappa shape index (κ2) is 6.91. The predicted octanol–water partition coefficient (Wildman–Crippen LogP) is 1.98. The van der Waals surface area contributed by atoms with E-state index in [1.807, 2.05) is 30.3 Å². The molecule has 6 nitrogen and oxygen atoms in total. The van der Waals surface area contributed by atoms with Gasteiger partial charge in [-0.2, -0.15) is 0 Å². The Hall–Kier alpha value is -3.22. The molecule has 3 aromatic rings. The first-order chi connectivity index (χ1) is 11.6. The number of halogens is 1. The Morgan fingerprint density at radius 3 is 2.50 bits per heavy atom. The molecule has 1 amide bonds. The van der Waals surface area contributed by atoms with Crippen LogP contribution in [0.2, 0.25) is 0 Å². The number of nitrogen functional groups attached to an aromatic ring is 1. The second-order valence-corrected chi connectivity index (χ2v) is 5.28. The van der Waals surface area contributed by atoms with E-state index in [0.29, 0.717) is 6.54 Å². The maximum absolute atomic E-state index is 12.9. The summed E-state index contributed by atoms with van der Waals surface area (Å²) in [5.74, 6) is -0.537. The highest BCUT2D eigenvalue weighted by Crippen LogP contribution is 2.11. The van der Waals surface area contributed by atoms with Crippen LogP contribution in [-0.4, -0.2) is 20.9 Å². The molecule has 2 aromatic carbocycles. The van der Waals surface area contributed by atoms with Crippen molar-refractivity contribution < 1.29 is 9.18 Å². The summed E-state index contributed by atoms with van der Waals surface area (Å²) in [6.45, 7) is 0.689. The highest BCUT2D eigenvalue weighted by atomic mass is 19.1. The molecule has 0 saturated heterocycles. The van der Waals surface area contributed by atoms with Crippen LogP contribution >= 0.6 is 0 Å². The summed E-state index contributed by atoms with van der Waals surface area (Å²) >= 11 is 0. The van der Waals surface area contributed by atoms with Crippen LogP contribution in [0.4, 0.5) is 10.2 Å². The Morgan fingerprint density at radius 2 is 1.79 bits per heavy atom. The van der Waals surface area contributed by atoms with Gasteiger partial charge in [0.1, 0.15) is 5.82 Å². The lowest BCUT2D eigenvalue weighted by molar-refractivity contribution is 0.0946. The molecule has 0 unspecified atom stereocenters. The number of rotatable bonds is 5. The van der Waals surface area contributed by atoms with Crippen molar-refractivity contribution in [2.24, 2.45) is 0 Å². The number of nitrogens with one attached hydrogen (secondary N) is 1. The molecule has 0 radical (unpaired) electrons. The molecular formula is C17H16FN5O. The number of amides is 1. The van der Waals surface area contributed by atoms with E-state index >= 15 is 0 Å². The van der Waals surface area contributed by atoms with Gasteiger partial charge in [-0.3, -0.25) is 4.79 Å². The third kappa shape index (κ3) is 3.57. The maximum atomic E-state index is 12.9. The fraction of sp³-hybridized carbons (Fsp3) is 0.118. The van der Waals surface area contributed by atoms with Crippen LogP contribution in [0.15, 0.2) is 54.6 Å². The zero-order chi connectivity index (χ0) is 16.9. The normalized spacial score (nSPS) is 10.5. The van der Waals surface area contributed by atoms with E-state index in [4.69, 9.17) is 5.73 Å². The average Bonchev–Trinajstić information content (AvgIpc) is 2.96. The summed E-state index contributed by atoms with van der Waals surface area (Å²) in [5.41, 5.74) is 7.83. The average molecular weight is 325 g/mol. The topological polar surface area (TPSA) is 85.8 Å². The molecule has 7 heteroatoms. The van der Waals surface area contributed by atoms with Crippen LogP contribution in [0.5, 0.6) is 0 Å². The van der Waals surface area contributed by atoms with Gasteiger partial charge in [-0.25, -0.2) is 9.07 Å². The van der Waals surface area contributed by atoms with Gasteiger partial charge in [-0.15, -0.1) is 5.10 Å². The minimum Gasteiger partial charge on any atom is -0.382 e. The van der Waals surface area contributed by atoms with E-state index in [1.165, 1.54) is 16.8 Å². The summed E-state index contributed by atoms with van der Waals surface area (Å²) < 4.78 is 14.3. The van der Waals surface area contributed by atoms with E-state index < -0.39 is 5.91 Å². The van der Waals surface area contributed by atoms with E-state index in [-0.39, 0.29) is 23.9 Å². The van der Waals surface area contributed by atoms with Gasteiger partial charge in [0.05, 0.1) is 6.54 Å². The van der Waals surface area contributed by atoms with Gasteiger partial charge < -0.3 is 11.1 Å². The highest BCUT2D eigenvalue weighted by molar-refractivity contribution is 5.96. The van der Waals surface area contributed by atoms with Crippen molar-refractivity contribution in [2.45, 2.75) is 13.1 Å². The van der Waals surface area contributed by atoms with Crippen LogP contribution in [0, 0.1) is 5.82 Å². The number of hydrogen-bond donors (Lipinski definition) is 2. The number of carbonyl (C=O) groups excluding carboxylic acids is 1. The molecule has 24 heavy (non-hydrogen) atoms. The molecule has 122 valence electrons. The van der Waals surface area contributed by atoms with Gasteiger partial charge in [0, 0.05) is 6.54 Å². The molecule has 0 spiro atoms. The fourth-order valence-electron chi connectivity index (χ4n) is 2.22. The molecule has 0 aliphatic heterocycles. The smallest absolute Gasteiger partial charge is 0.275 e. The molecular weight excluding hydrogens is 309 g/mol. The molecule has 0 saturated carbocycles. The summed E-state index contributed by atoms with van der Waals surface area (Å²) in [6, 6.07) is 15.5. The number of benzene rings is 2. The first-order valence-electron chi connectivity index (χ1n) is 7.39. The summed E-state index contributed by atoms with van der Waals surface area (Å²) in [6.07, 6.45) is 0. The minimum atomic E-state index is -0.420. The van der Waals surface area contributed by atoms with Crippen molar-refractivity contribution in [3.63, 3.8) is 0 Å². The number of hydrogen-bond acceptors (Lipinski definition) is 4. The molecule has 3 rings (SSSR count). The van der Waals surface area contributed by atoms with Crippen LogP contribution in [0.1, 0.15) is 21.6 Å². The van der Waals surface area contributed by atoms with E-state index in [0.717, 1.165) is 11.1 Å². The summed E-state index contributed by atoms with van der Waals surface area (Å²) in [7, 11) is 0. The summed E-state index contributed by atoms with van der Waals surface area (Å²) in [4.78, 5) is 12.2. The van der Waals surface area contributed by atoms with Crippen LogP contribution in [0.3, 0.4) is 0 Å². The van der Waals surface area contributed by atoms with Gasteiger partial charge in [-0.05, 0) is 23.3 Å². The minimum absolute atomic E-state index is 0.0769. The second-order valence-electron chi connectivity index (χ2n) is 5.28. The van der Waals surface area contributed by atoms with Crippen molar-refractivity contribution in [2.75, 3.05) is 5.73 Å². The van der Waals surface area contributed by atoms with Crippen LogP contribution in [0.25, 0.3) is 0 Å². The molecule has 3 N–H and O–H groups in total. The van der Waals surface area contributed by atoms with Gasteiger partial charge >= 0.3 is 0 Å². The Labute approximate surface area is 138 Å². The first kappa shape index (κ1) is 15.7. The number of anilines is 1. The third-order valence-corrected chi connectivity index (χ3v) is 3.53. The van der Waals surface area contributed by atoms with Gasteiger partial charge in [0.2, 0.25) is 0 Å². The van der Waals surface area contributed by atoms with Crippen LogP contribution in [-0.2, 0) is 13.1 Å². The van der Waals surface area contributed by atoms with Crippen molar-refractivity contribution in [1.29, 1.82) is 0 Å². The van der Waals surface area contributed by atoms with Crippen molar-refractivity contribution in [1.82, 2.24) is 20.3 Å². The van der Waals surface area contributed by atoms with Gasteiger partial charge in [-0.1, -0.05) is 47.7 Å². The lowest BCUT2D eigenvalue weighted by Crippen LogP contribution is -2.24. The predicted molar refractivity (Wildman–Crippen MR) is 87.5 cm³/mol. The van der Waals surface area contributed by atoms with Crippen LogP contribution < -0.4 is 11.1 Å². The lowest BCUT2D eigenvalue weighted by atomic mass is 10.2. The molecule has 0 bridgehead atoms. The Morgan fingerprint density at radius 1 is 1.08 bits per heavy atom. The van der Waals surface area contributed by atoms with Crippen molar-refractivity contribution in [3.05, 3.63) is 77.2 Å². The molecule has 0 aliphatic carbocycles. The molecule has 1 heterocycles. The standard InChI is InChI=1S/C17H16FN5O/c18-14-8-6-12(7-9-14)10-20-17(24)15-16(19)23(22-21-15)11-13-4-2-1-3-5-13/h1-9H,10-11,19H2,(H,20,24). The number of nitrogens with two attached hydrogens (primary N) is 1. The van der Waals surface area contributed by atoms with Crippen molar-refractivity contribution >= 4 is 11.7 Å². The number of aromatic nitrogens is 3. The monoisotopic (exact) mass is 325 g/mol. The first-order valence-corrected chi connectivity index (χ1v) is 7.39. The Balaban J connectivity index is 1.66. The van der Waals surface area contributed by atoms with Gasteiger partial charge in [0.25, 0.3) is 5.91 Å². The molecule has 0 aliphatic rings. The van der Waals surface area contributed by atoms with E-state index in [1.54, 1.807) is 12.1 Å². The molecule has 1 aromatic heterocycles. The van der Waals surface area contributed by atoms with Crippen molar-refractivity contribution in [3.8, 4) is 0 Å². The Bertz CT molecular complexity index is 830. The molecule has 0 atom stereocenters. The third-order valence-electron chi connectivity index (χ3n) is 3.53. The summed E-state index contributed by atoms with van der Waals surface area (Å²) in [5, 5.41) is 10.5. The lowest BCUT2D eigenvalue weighted by Gasteiger charge is -2.05. The van der Waals surface area contributed by atoms with Gasteiger partial charge in [0.15, 0.2) is 11.5 Å².